The van der Waals surface area contributed by atoms with Crippen molar-refractivity contribution < 1.29 is 9.90 Å². The molecule has 110 valence electrons. The Bertz CT molecular complexity index is 295. The van der Waals surface area contributed by atoms with Gasteiger partial charge in [-0.25, -0.2) is 0 Å². The van der Waals surface area contributed by atoms with Crippen LogP contribution in [0.15, 0.2) is 0 Å². The number of rotatable bonds is 4. The summed E-state index contributed by atoms with van der Waals surface area (Å²) >= 11 is 0. The predicted molar refractivity (Wildman–Crippen MR) is 77.1 cm³/mol. The van der Waals surface area contributed by atoms with Crippen molar-refractivity contribution in [2.45, 2.75) is 64.8 Å². The summed E-state index contributed by atoms with van der Waals surface area (Å²) in [7, 11) is 0. The zero-order chi connectivity index (χ0) is 13.8. The summed E-state index contributed by atoms with van der Waals surface area (Å²) in [6.07, 6.45) is 8.11. The van der Waals surface area contributed by atoms with E-state index in [4.69, 9.17) is 0 Å². The molecule has 4 atom stereocenters. The average molecular weight is 267 g/mol. The van der Waals surface area contributed by atoms with E-state index < -0.39 is 5.97 Å². The van der Waals surface area contributed by atoms with E-state index in [1.54, 1.807) is 0 Å². The molecule has 2 aliphatic carbocycles. The largest absolute Gasteiger partial charge is 0.481 e. The van der Waals surface area contributed by atoms with Crippen molar-refractivity contribution in [2.24, 2.45) is 23.7 Å². The van der Waals surface area contributed by atoms with Gasteiger partial charge in [0, 0.05) is 6.04 Å². The Labute approximate surface area is 117 Å². The van der Waals surface area contributed by atoms with Crippen molar-refractivity contribution in [3.8, 4) is 0 Å². The second-order valence-electron chi connectivity index (χ2n) is 7.01. The molecule has 0 radical (unpaired) electrons. The van der Waals surface area contributed by atoms with Crippen LogP contribution >= 0.6 is 0 Å². The van der Waals surface area contributed by atoms with Crippen LogP contribution in [0, 0.1) is 23.7 Å². The first-order valence-electron chi connectivity index (χ1n) is 8.02. The van der Waals surface area contributed by atoms with Gasteiger partial charge in [-0.3, -0.25) is 4.79 Å². The lowest BCUT2D eigenvalue weighted by molar-refractivity contribution is -0.144. The molecule has 0 aromatic heterocycles. The van der Waals surface area contributed by atoms with Crippen LogP contribution in [0.1, 0.15) is 58.8 Å². The van der Waals surface area contributed by atoms with Crippen molar-refractivity contribution >= 4 is 5.97 Å². The topological polar surface area (TPSA) is 49.3 Å². The van der Waals surface area contributed by atoms with Crippen LogP contribution in [0.25, 0.3) is 0 Å². The number of carbonyl (C=O) groups is 1. The second-order valence-corrected chi connectivity index (χ2v) is 7.01. The van der Waals surface area contributed by atoms with Gasteiger partial charge in [-0.05, 0) is 56.4 Å². The molecule has 0 amide bonds. The summed E-state index contributed by atoms with van der Waals surface area (Å²) in [5.74, 6) is 1.26. The molecule has 19 heavy (non-hydrogen) atoms. The Hall–Kier alpha value is -0.570. The fraction of sp³-hybridized carbons (Fsp3) is 0.938. The fourth-order valence-electron chi connectivity index (χ4n) is 4.21. The summed E-state index contributed by atoms with van der Waals surface area (Å²) in [4.78, 5) is 11.3. The highest BCUT2D eigenvalue weighted by Crippen LogP contribution is 2.32. The Morgan fingerprint density at radius 1 is 1.11 bits per heavy atom. The van der Waals surface area contributed by atoms with E-state index in [9.17, 15) is 9.90 Å². The maximum Gasteiger partial charge on any atom is 0.306 e. The molecule has 3 nitrogen and oxygen atoms in total. The van der Waals surface area contributed by atoms with Gasteiger partial charge in [-0.2, -0.15) is 0 Å². The Morgan fingerprint density at radius 3 is 2.37 bits per heavy atom. The maximum atomic E-state index is 11.3. The molecule has 0 saturated heterocycles. The van der Waals surface area contributed by atoms with Crippen LogP contribution in [0.5, 0.6) is 0 Å². The number of carboxylic acids is 1. The minimum absolute atomic E-state index is 0.111. The van der Waals surface area contributed by atoms with Crippen LogP contribution < -0.4 is 5.32 Å². The second kappa shape index (κ2) is 6.74. The van der Waals surface area contributed by atoms with Gasteiger partial charge >= 0.3 is 5.97 Å². The molecule has 3 heteroatoms. The number of nitrogens with one attached hydrogen (secondary N) is 1. The van der Waals surface area contributed by atoms with Gasteiger partial charge in [-0.1, -0.05) is 26.7 Å². The highest BCUT2D eigenvalue weighted by Gasteiger charge is 2.31. The Morgan fingerprint density at radius 2 is 1.74 bits per heavy atom. The fourth-order valence-corrected chi connectivity index (χ4v) is 4.21. The van der Waals surface area contributed by atoms with Crippen LogP contribution in [0.3, 0.4) is 0 Å². The number of carboxylic acid groups (broad SMARTS) is 1. The highest BCUT2D eigenvalue weighted by molar-refractivity contribution is 5.70. The molecule has 2 fully saturated rings. The van der Waals surface area contributed by atoms with Crippen LogP contribution in [-0.2, 0) is 4.79 Å². The Balaban J connectivity index is 1.81. The van der Waals surface area contributed by atoms with Crippen LogP contribution in [0.2, 0.25) is 0 Å². The number of aliphatic carboxylic acids is 1. The van der Waals surface area contributed by atoms with E-state index in [1.165, 1.54) is 25.7 Å². The minimum atomic E-state index is -0.586. The first-order valence-corrected chi connectivity index (χ1v) is 8.02. The van der Waals surface area contributed by atoms with Crippen LogP contribution in [0.4, 0.5) is 0 Å². The molecular formula is C16H29NO2. The predicted octanol–water partition coefficient (Wildman–Crippen LogP) is 3.29. The normalized spacial score (nSPS) is 40.0. The summed E-state index contributed by atoms with van der Waals surface area (Å²) in [5.41, 5.74) is 0. The third-order valence-electron chi connectivity index (χ3n) is 5.07. The van der Waals surface area contributed by atoms with Gasteiger partial charge in [0.05, 0.1) is 5.92 Å². The van der Waals surface area contributed by atoms with E-state index in [2.05, 4.69) is 19.2 Å². The van der Waals surface area contributed by atoms with Crippen LogP contribution in [-0.4, -0.2) is 23.7 Å². The molecule has 2 saturated carbocycles. The zero-order valence-electron chi connectivity index (χ0n) is 12.4. The van der Waals surface area contributed by atoms with E-state index in [0.717, 1.165) is 37.6 Å². The lowest BCUT2D eigenvalue weighted by Gasteiger charge is -2.35. The molecule has 0 aromatic carbocycles. The molecule has 0 spiro atoms. The lowest BCUT2D eigenvalue weighted by atomic mass is 9.78. The van der Waals surface area contributed by atoms with Gasteiger partial charge in [0.25, 0.3) is 0 Å². The summed E-state index contributed by atoms with van der Waals surface area (Å²) in [6.45, 7) is 5.58. The molecule has 0 heterocycles. The monoisotopic (exact) mass is 267 g/mol. The van der Waals surface area contributed by atoms with E-state index in [1.807, 2.05) is 0 Å². The third kappa shape index (κ3) is 4.20. The van der Waals surface area contributed by atoms with Crippen molar-refractivity contribution in [1.29, 1.82) is 0 Å². The summed E-state index contributed by atoms with van der Waals surface area (Å²) in [5, 5.41) is 13.0. The SMILES string of the molecule is CC1CC(C)CC(NCC2CCCCC2C(=O)O)C1. The van der Waals surface area contributed by atoms with Gasteiger partial charge in [0.1, 0.15) is 0 Å². The third-order valence-corrected chi connectivity index (χ3v) is 5.07. The summed E-state index contributed by atoms with van der Waals surface area (Å²) < 4.78 is 0. The van der Waals surface area contributed by atoms with E-state index in [-0.39, 0.29) is 5.92 Å². The van der Waals surface area contributed by atoms with Crippen molar-refractivity contribution in [3.05, 3.63) is 0 Å². The standard InChI is InChI=1S/C16H29NO2/c1-11-7-12(2)9-14(8-11)17-10-13-5-3-4-6-15(13)16(18)19/h11-15,17H,3-10H2,1-2H3,(H,18,19). The number of hydrogen-bond acceptors (Lipinski definition) is 2. The van der Waals surface area contributed by atoms with Gasteiger partial charge in [0.2, 0.25) is 0 Å². The smallest absolute Gasteiger partial charge is 0.306 e. The quantitative estimate of drug-likeness (QED) is 0.821. The highest BCUT2D eigenvalue weighted by atomic mass is 16.4. The molecule has 0 aromatic rings. The lowest BCUT2D eigenvalue weighted by Crippen LogP contribution is -2.42. The maximum absolute atomic E-state index is 11.3. The first-order chi connectivity index (χ1) is 9.06. The molecule has 2 aliphatic rings. The molecule has 2 N–H and O–H groups in total. The number of hydrogen-bond donors (Lipinski definition) is 2. The molecule has 2 rings (SSSR count). The first kappa shape index (κ1) is 14.8. The molecule has 0 bridgehead atoms. The van der Waals surface area contributed by atoms with E-state index in [0.29, 0.717) is 12.0 Å². The van der Waals surface area contributed by atoms with Gasteiger partial charge < -0.3 is 10.4 Å². The van der Waals surface area contributed by atoms with Crippen molar-refractivity contribution in [2.75, 3.05) is 6.54 Å². The molecule has 4 unspecified atom stereocenters. The summed E-state index contributed by atoms with van der Waals surface area (Å²) in [6, 6.07) is 0.607. The van der Waals surface area contributed by atoms with Gasteiger partial charge in [0.15, 0.2) is 0 Å². The zero-order valence-corrected chi connectivity index (χ0v) is 12.4. The minimum Gasteiger partial charge on any atom is -0.481 e. The van der Waals surface area contributed by atoms with Crippen molar-refractivity contribution in [3.63, 3.8) is 0 Å². The van der Waals surface area contributed by atoms with Gasteiger partial charge in [-0.15, -0.1) is 0 Å². The average Bonchev–Trinajstić information content (AvgIpc) is 2.35. The molecular weight excluding hydrogens is 238 g/mol. The Kier molecular flexibility index (Phi) is 5.26. The van der Waals surface area contributed by atoms with Crippen molar-refractivity contribution in [1.82, 2.24) is 5.32 Å². The van der Waals surface area contributed by atoms with E-state index >= 15 is 0 Å². The molecule has 0 aliphatic heterocycles.